The van der Waals surface area contributed by atoms with E-state index in [9.17, 15) is 18.8 Å². The van der Waals surface area contributed by atoms with Gasteiger partial charge in [0.05, 0.1) is 5.92 Å². The second-order valence-corrected chi connectivity index (χ2v) is 8.22. The van der Waals surface area contributed by atoms with Gasteiger partial charge in [0, 0.05) is 35.6 Å². The number of hydrogen-bond acceptors (Lipinski definition) is 3. The van der Waals surface area contributed by atoms with Gasteiger partial charge < -0.3 is 15.5 Å². The van der Waals surface area contributed by atoms with Crippen molar-refractivity contribution < 1.29 is 18.8 Å². The van der Waals surface area contributed by atoms with E-state index < -0.39 is 5.92 Å². The molecule has 0 bridgehead atoms. The number of nitrogens with one attached hydrogen (secondary N) is 2. The molecule has 3 amide bonds. The smallest absolute Gasteiger partial charge is 0.255 e. The number of halogens is 1. The molecule has 1 atom stereocenters. The Morgan fingerprint density at radius 1 is 0.970 bits per heavy atom. The number of carbonyl (C=O) groups excluding carboxylic acids is 3. The molecule has 168 valence electrons. The first-order valence-electron chi connectivity index (χ1n) is 10.7. The van der Waals surface area contributed by atoms with Gasteiger partial charge in [-0.25, -0.2) is 4.39 Å². The Balaban J connectivity index is 1.41. The van der Waals surface area contributed by atoms with Crippen LogP contribution in [-0.2, 0) is 9.59 Å². The van der Waals surface area contributed by atoms with Crippen molar-refractivity contribution in [2.45, 2.75) is 20.3 Å². The van der Waals surface area contributed by atoms with E-state index in [1.54, 1.807) is 24.3 Å². The number of rotatable bonds is 5. The minimum Gasteiger partial charge on any atom is -0.326 e. The Morgan fingerprint density at radius 3 is 2.45 bits per heavy atom. The standard InChI is InChI=1S/C26H24FN3O3/c1-16-6-11-23(17(2)12-16)29-25(32)18-4-3-5-21(13-18)28-26(33)19-14-24(31)30(15-19)22-9-7-20(27)8-10-22/h3-13,19H,14-15H2,1-2H3,(H,28,33)(H,29,32)/t19-/m1/s1. The van der Waals surface area contributed by atoms with E-state index in [2.05, 4.69) is 10.6 Å². The third-order valence-corrected chi connectivity index (χ3v) is 5.66. The molecule has 33 heavy (non-hydrogen) atoms. The van der Waals surface area contributed by atoms with Crippen molar-refractivity contribution in [3.8, 4) is 0 Å². The second kappa shape index (κ2) is 9.24. The van der Waals surface area contributed by atoms with Gasteiger partial charge in [-0.2, -0.15) is 0 Å². The van der Waals surface area contributed by atoms with Crippen LogP contribution in [0.4, 0.5) is 21.5 Å². The van der Waals surface area contributed by atoms with E-state index >= 15 is 0 Å². The van der Waals surface area contributed by atoms with E-state index in [1.165, 1.54) is 29.2 Å². The topological polar surface area (TPSA) is 78.5 Å². The van der Waals surface area contributed by atoms with Crippen molar-refractivity contribution in [2.24, 2.45) is 5.92 Å². The molecule has 1 heterocycles. The lowest BCUT2D eigenvalue weighted by Gasteiger charge is -2.16. The summed E-state index contributed by atoms with van der Waals surface area (Å²) in [6.07, 6.45) is 0.0656. The van der Waals surface area contributed by atoms with Crippen LogP contribution in [0, 0.1) is 25.6 Å². The minimum absolute atomic E-state index is 0.0656. The summed E-state index contributed by atoms with van der Waals surface area (Å²) in [6.45, 7) is 4.13. The van der Waals surface area contributed by atoms with E-state index in [4.69, 9.17) is 0 Å². The van der Waals surface area contributed by atoms with Crippen LogP contribution >= 0.6 is 0 Å². The molecule has 3 aromatic carbocycles. The Labute approximate surface area is 191 Å². The second-order valence-electron chi connectivity index (χ2n) is 8.22. The van der Waals surface area contributed by atoms with E-state index in [1.807, 2.05) is 32.0 Å². The fraction of sp³-hybridized carbons (Fsp3) is 0.192. The maximum Gasteiger partial charge on any atom is 0.255 e. The fourth-order valence-electron chi connectivity index (χ4n) is 3.88. The molecule has 0 aliphatic carbocycles. The Hall–Kier alpha value is -4.00. The Kier molecular flexibility index (Phi) is 6.22. The summed E-state index contributed by atoms with van der Waals surface area (Å²) in [6, 6.07) is 18.0. The summed E-state index contributed by atoms with van der Waals surface area (Å²) in [4.78, 5) is 39.4. The molecule has 1 saturated heterocycles. The SMILES string of the molecule is Cc1ccc(NC(=O)c2cccc(NC(=O)[C@@H]3CC(=O)N(c4ccc(F)cc4)C3)c2)c(C)c1. The average Bonchev–Trinajstić information content (AvgIpc) is 3.18. The molecule has 0 radical (unpaired) electrons. The number of aryl methyl sites for hydroxylation is 2. The molecule has 0 spiro atoms. The van der Waals surface area contributed by atoms with Crippen molar-refractivity contribution in [1.82, 2.24) is 0 Å². The summed E-state index contributed by atoms with van der Waals surface area (Å²) >= 11 is 0. The summed E-state index contributed by atoms with van der Waals surface area (Å²) in [5.41, 5.74) is 4.24. The molecular formula is C26H24FN3O3. The number of amides is 3. The molecular weight excluding hydrogens is 421 g/mol. The van der Waals surface area contributed by atoms with Crippen LogP contribution in [0.3, 0.4) is 0 Å². The van der Waals surface area contributed by atoms with Gasteiger partial charge in [0.15, 0.2) is 0 Å². The van der Waals surface area contributed by atoms with Gasteiger partial charge in [-0.1, -0.05) is 23.8 Å². The highest BCUT2D eigenvalue weighted by Gasteiger charge is 2.35. The Morgan fingerprint density at radius 2 is 1.73 bits per heavy atom. The molecule has 6 nitrogen and oxygen atoms in total. The van der Waals surface area contributed by atoms with Crippen LogP contribution in [0.25, 0.3) is 0 Å². The zero-order chi connectivity index (χ0) is 23.5. The maximum atomic E-state index is 13.2. The maximum absolute atomic E-state index is 13.2. The average molecular weight is 445 g/mol. The Bertz CT molecular complexity index is 1220. The first-order chi connectivity index (χ1) is 15.8. The lowest BCUT2D eigenvalue weighted by molar-refractivity contribution is -0.122. The van der Waals surface area contributed by atoms with Crippen LogP contribution in [0.2, 0.25) is 0 Å². The fourth-order valence-corrected chi connectivity index (χ4v) is 3.88. The number of hydrogen-bond donors (Lipinski definition) is 2. The molecule has 1 aliphatic heterocycles. The van der Waals surface area contributed by atoms with E-state index in [0.29, 0.717) is 16.9 Å². The molecule has 4 rings (SSSR count). The molecule has 0 unspecified atom stereocenters. The van der Waals surface area contributed by atoms with E-state index in [-0.39, 0.29) is 36.5 Å². The van der Waals surface area contributed by atoms with E-state index in [0.717, 1.165) is 16.8 Å². The van der Waals surface area contributed by atoms with Crippen molar-refractivity contribution in [3.63, 3.8) is 0 Å². The van der Waals surface area contributed by atoms with Crippen LogP contribution < -0.4 is 15.5 Å². The lowest BCUT2D eigenvalue weighted by atomic mass is 10.1. The number of nitrogens with zero attached hydrogens (tertiary/aromatic N) is 1. The van der Waals surface area contributed by atoms with Gasteiger partial charge in [0.2, 0.25) is 11.8 Å². The van der Waals surface area contributed by atoms with Crippen LogP contribution in [0.1, 0.15) is 27.9 Å². The molecule has 3 aromatic rings. The molecule has 7 heteroatoms. The van der Waals surface area contributed by atoms with Gasteiger partial charge in [0.25, 0.3) is 5.91 Å². The highest BCUT2D eigenvalue weighted by atomic mass is 19.1. The van der Waals surface area contributed by atoms with Gasteiger partial charge in [-0.15, -0.1) is 0 Å². The van der Waals surface area contributed by atoms with Gasteiger partial charge in [-0.05, 0) is 67.9 Å². The third-order valence-electron chi connectivity index (χ3n) is 5.66. The van der Waals surface area contributed by atoms with Crippen LogP contribution in [0.15, 0.2) is 66.7 Å². The highest BCUT2D eigenvalue weighted by molar-refractivity contribution is 6.06. The third kappa shape index (κ3) is 5.09. The van der Waals surface area contributed by atoms with Gasteiger partial charge >= 0.3 is 0 Å². The predicted molar refractivity (Wildman–Crippen MR) is 126 cm³/mol. The van der Waals surface area contributed by atoms with Crippen molar-refractivity contribution in [3.05, 3.63) is 89.2 Å². The molecule has 1 fully saturated rings. The minimum atomic E-state index is -0.546. The van der Waals surface area contributed by atoms with Crippen LogP contribution in [0.5, 0.6) is 0 Å². The first-order valence-corrected chi connectivity index (χ1v) is 10.7. The molecule has 0 saturated carbocycles. The summed E-state index contributed by atoms with van der Waals surface area (Å²) in [5.74, 6) is -1.71. The largest absolute Gasteiger partial charge is 0.326 e. The zero-order valence-electron chi connectivity index (χ0n) is 18.4. The lowest BCUT2D eigenvalue weighted by Crippen LogP contribution is -2.28. The number of anilines is 3. The number of benzene rings is 3. The summed E-state index contributed by atoms with van der Waals surface area (Å²) < 4.78 is 13.2. The van der Waals surface area contributed by atoms with Crippen LogP contribution in [-0.4, -0.2) is 24.3 Å². The zero-order valence-corrected chi connectivity index (χ0v) is 18.4. The first kappa shape index (κ1) is 22.2. The quantitative estimate of drug-likeness (QED) is 0.598. The molecule has 1 aliphatic rings. The number of carbonyl (C=O) groups is 3. The normalized spacial score (nSPS) is 15.4. The van der Waals surface area contributed by atoms with Crippen molar-refractivity contribution in [1.29, 1.82) is 0 Å². The monoisotopic (exact) mass is 445 g/mol. The summed E-state index contributed by atoms with van der Waals surface area (Å²) in [5, 5.41) is 5.70. The molecule has 0 aromatic heterocycles. The molecule has 2 N–H and O–H groups in total. The predicted octanol–water partition coefficient (Wildman–Crippen LogP) is 4.69. The highest BCUT2D eigenvalue weighted by Crippen LogP contribution is 2.26. The van der Waals surface area contributed by atoms with Gasteiger partial charge in [-0.3, -0.25) is 14.4 Å². The van der Waals surface area contributed by atoms with Gasteiger partial charge in [0.1, 0.15) is 5.82 Å². The summed E-state index contributed by atoms with van der Waals surface area (Å²) in [7, 11) is 0. The van der Waals surface area contributed by atoms with Crippen molar-refractivity contribution in [2.75, 3.05) is 22.1 Å². The van der Waals surface area contributed by atoms with Crippen molar-refractivity contribution >= 4 is 34.8 Å².